The lowest BCUT2D eigenvalue weighted by atomic mass is 10.1. The van der Waals surface area contributed by atoms with E-state index < -0.39 is 5.91 Å². The molecule has 7 nitrogen and oxygen atoms in total. The van der Waals surface area contributed by atoms with Crippen molar-refractivity contribution in [2.75, 3.05) is 4.90 Å². The predicted octanol–water partition coefficient (Wildman–Crippen LogP) is 4.36. The van der Waals surface area contributed by atoms with Gasteiger partial charge in [-0.3, -0.25) is 19.7 Å². The first-order chi connectivity index (χ1) is 15.6. The van der Waals surface area contributed by atoms with Crippen molar-refractivity contribution in [3.63, 3.8) is 0 Å². The second kappa shape index (κ2) is 9.26. The summed E-state index contributed by atoms with van der Waals surface area (Å²) in [5.41, 5.74) is 4.20. The van der Waals surface area contributed by atoms with Gasteiger partial charge in [-0.15, -0.1) is 0 Å². The number of carbonyl (C=O) groups excluding carboxylic acids is 1. The van der Waals surface area contributed by atoms with E-state index in [1.54, 1.807) is 35.8 Å². The molecule has 1 amide bonds. The van der Waals surface area contributed by atoms with Crippen LogP contribution in [0.15, 0.2) is 79.4 Å². The Kier molecular flexibility index (Phi) is 6.07. The summed E-state index contributed by atoms with van der Waals surface area (Å²) >= 11 is 0. The maximum atomic E-state index is 13.4. The summed E-state index contributed by atoms with van der Waals surface area (Å²) in [6.07, 6.45) is 7.46. The fourth-order valence-corrected chi connectivity index (χ4v) is 3.47. The number of rotatable bonds is 6. The Hall–Kier alpha value is -4.26. The third-order valence-corrected chi connectivity index (χ3v) is 5.08. The summed E-state index contributed by atoms with van der Waals surface area (Å²) in [5, 5.41) is 19.8. The van der Waals surface area contributed by atoms with E-state index in [4.69, 9.17) is 0 Å². The fraction of sp³-hybridized carbons (Fsp3) is 0.120. The molecule has 160 valence electrons. The summed E-state index contributed by atoms with van der Waals surface area (Å²) in [5.74, 6) is -0.791. The van der Waals surface area contributed by atoms with E-state index in [1.165, 1.54) is 12.1 Å². The molecule has 0 aliphatic heterocycles. The van der Waals surface area contributed by atoms with Crippen LogP contribution in [0.3, 0.4) is 0 Å². The van der Waals surface area contributed by atoms with Gasteiger partial charge in [0, 0.05) is 42.1 Å². The van der Waals surface area contributed by atoms with Crippen molar-refractivity contribution >= 4 is 11.6 Å². The molecule has 0 fully saturated rings. The minimum absolute atomic E-state index is 0.0953. The van der Waals surface area contributed by atoms with E-state index in [2.05, 4.69) is 15.0 Å². The van der Waals surface area contributed by atoms with Crippen LogP contribution in [0.1, 0.15) is 28.5 Å². The Morgan fingerprint density at radius 1 is 0.969 bits per heavy atom. The molecule has 0 atom stereocenters. The van der Waals surface area contributed by atoms with Gasteiger partial charge in [0.1, 0.15) is 11.5 Å². The topological polar surface area (TPSA) is 99.4 Å². The zero-order valence-corrected chi connectivity index (χ0v) is 17.5. The Balaban J connectivity index is 1.72. The average molecular weight is 426 g/mol. The monoisotopic (exact) mass is 426 g/mol. The van der Waals surface area contributed by atoms with E-state index in [0.29, 0.717) is 5.69 Å². The molecule has 2 N–H and O–H groups in total. The fourth-order valence-electron chi connectivity index (χ4n) is 3.47. The standard InChI is InChI=1S/C25H22N4O3/c1-2-22-24(28-13-12-27-22)18-5-7-19(8-6-18)29(16-17-4-3-11-26-15-17)25(32)21-10-9-20(30)14-23(21)31/h3-15,30-31H,2,16H2,1H3. The number of benzene rings is 2. The summed E-state index contributed by atoms with van der Waals surface area (Å²) in [7, 11) is 0. The summed E-state index contributed by atoms with van der Waals surface area (Å²) < 4.78 is 0. The van der Waals surface area contributed by atoms with Gasteiger partial charge in [0.15, 0.2) is 0 Å². The van der Waals surface area contributed by atoms with Gasteiger partial charge in [-0.2, -0.15) is 0 Å². The zero-order valence-electron chi connectivity index (χ0n) is 17.5. The summed E-state index contributed by atoms with van der Waals surface area (Å²) in [6.45, 7) is 2.29. The van der Waals surface area contributed by atoms with Crippen molar-refractivity contribution in [3.8, 4) is 22.8 Å². The summed E-state index contributed by atoms with van der Waals surface area (Å²) in [6, 6.07) is 15.1. The van der Waals surface area contributed by atoms with Crippen molar-refractivity contribution in [2.45, 2.75) is 19.9 Å². The van der Waals surface area contributed by atoms with Crippen LogP contribution in [0.5, 0.6) is 11.5 Å². The molecule has 32 heavy (non-hydrogen) atoms. The van der Waals surface area contributed by atoms with Crippen LogP contribution < -0.4 is 4.90 Å². The quantitative estimate of drug-likeness (QED) is 0.475. The normalized spacial score (nSPS) is 10.7. The van der Waals surface area contributed by atoms with E-state index in [9.17, 15) is 15.0 Å². The highest BCUT2D eigenvalue weighted by atomic mass is 16.3. The molecule has 4 rings (SSSR count). The number of hydrogen-bond donors (Lipinski definition) is 2. The molecular weight excluding hydrogens is 404 g/mol. The van der Waals surface area contributed by atoms with Crippen LogP contribution in [-0.2, 0) is 13.0 Å². The highest BCUT2D eigenvalue weighted by Crippen LogP contribution is 2.29. The maximum absolute atomic E-state index is 13.4. The number of phenols is 2. The Bertz CT molecular complexity index is 1230. The van der Waals surface area contributed by atoms with Crippen molar-refractivity contribution in [1.29, 1.82) is 0 Å². The number of phenolic OH excluding ortho intramolecular Hbond substituents is 2. The van der Waals surface area contributed by atoms with Gasteiger partial charge >= 0.3 is 0 Å². The molecule has 0 radical (unpaired) electrons. The van der Waals surface area contributed by atoms with Crippen LogP contribution in [0.2, 0.25) is 0 Å². The number of anilines is 1. The van der Waals surface area contributed by atoms with Gasteiger partial charge < -0.3 is 15.1 Å². The van der Waals surface area contributed by atoms with E-state index >= 15 is 0 Å². The third kappa shape index (κ3) is 4.41. The number of nitrogens with zero attached hydrogens (tertiary/aromatic N) is 4. The number of carbonyl (C=O) groups is 1. The third-order valence-electron chi connectivity index (χ3n) is 5.08. The lowest BCUT2D eigenvalue weighted by Crippen LogP contribution is -2.30. The summed E-state index contributed by atoms with van der Waals surface area (Å²) in [4.78, 5) is 27.9. The lowest BCUT2D eigenvalue weighted by molar-refractivity contribution is 0.0982. The van der Waals surface area contributed by atoms with Crippen LogP contribution >= 0.6 is 0 Å². The van der Waals surface area contributed by atoms with Gasteiger partial charge in [-0.25, -0.2) is 0 Å². The number of amides is 1. The van der Waals surface area contributed by atoms with E-state index in [-0.39, 0.29) is 23.6 Å². The molecule has 0 spiro atoms. The molecule has 0 aliphatic carbocycles. The van der Waals surface area contributed by atoms with Gasteiger partial charge in [-0.05, 0) is 42.3 Å². The molecule has 2 aromatic heterocycles. The number of aromatic hydroxyl groups is 2. The molecule has 2 aromatic carbocycles. The molecule has 4 aromatic rings. The van der Waals surface area contributed by atoms with E-state index in [1.807, 2.05) is 37.3 Å². The highest BCUT2D eigenvalue weighted by Gasteiger charge is 2.22. The maximum Gasteiger partial charge on any atom is 0.262 e. The van der Waals surface area contributed by atoms with Crippen LogP contribution in [0.25, 0.3) is 11.3 Å². The number of aromatic nitrogens is 3. The predicted molar refractivity (Wildman–Crippen MR) is 121 cm³/mol. The SMILES string of the molecule is CCc1nccnc1-c1ccc(N(Cc2cccnc2)C(=O)c2ccc(O)cc2O)cc1. The van der Waals surface area contributed by atoms with Gasteiger partial charge in [0.05, 0.1) is 23.5 Å². The lowest BCUT2D eigenvalue weighted by Gasteiger charge is -2.24. The molecule has 0 aliphatic rings. The second-order valence-corrected chi connectivity index (χ2v) is 7.21. The van der Waals surface area contributed by atoms with E-state index in [0.717, 1.165) is 35.0 Å². The Labute approximate surface area is 185 Å². The minimum Gasteiger partial charge on any atom is -0.508 e. The van der Waals surface area contributed by atoms with Crippen molar-refractivity contribution in [1.82, 2.24) is 15.0 Å². The van der Waals surface area contributed by atoms with Crippen molar-refractivity contribution in [3.05, 3.63) is 96.2 Å². The molecule has 0 bridgehead atoms. The number of hydrogen-bond acceptors (Lipinski definition) is 6. The Morgan fingerprint density at radius 2 is 1.75 bits per heavy atom. The second-order valence-electron chi connectivity index (χ2n) is 7.21. The van der Waals surface area contributed by atoms with Gasteiger partial charge in [-0.1, -0.05) is 25.1 Å². The molecule has 0 saturated heterocycles. The smallest absolute Gasteiger partial charge is 0.262 e. The molecule has 0 unspecified atom stereocenters. The molecular formula is C25H22N4O3. The van der Waals surface area contributed by atoms with Crippen molar-refractivity contribution < 1.29 is 15.0 Å². The molecule has 7 heteroatoms. The molecule has 2 heterocycles. The first-order valence-electron chi connectivity index (χ1n) is 10.2. The minimum atomic E-state index is -0.396. The molecule has 0 saturated carbocycles. The van der Waals surface area contributed by atoms with Crippen LogP contribution in [-0.4, -0.2) is 31.1 Å². The first kappa shape index (κ1) is 21.0. The average Bonchev–Trinajstić information content (AvgIpc) is 2.83. The number of pyridine rings is 1. The highest BCUT2D eigenvalue weighted by molar-refractivity contribution is 6.08. The van der Waals surface area contributed by atoms with Crippen LogP contribution in [0, 0.1) is 0 Å². The van der Waals surface area contributed by atoms with Gasteiger partial charge in [0.25, 0.3) is 5.91 Å². The van der Waals surface area contributed by atoms with Crippen LogP contribution in [0.4, 0.5) is 5.69 Å². The first-order valence-corrected chi connectivity index (χ1v) is 10.2. The van der Waals surface area contributed by atoms with Gasteiger partial charge in [0.2, 0.25) is 0 Å². The Morgan fingerprint density at radius 3 is 2.44 bits per heavy atom. The largest absolute Gasteiger partial charge is 0.508 e. The zero-order chi connectivity index (χ0) is 22.5. The number of aryl methyl sites for hydroxylation is 1. The van der Waals surface area contributed by atoms with Crippen molar-refractivity contribution in [2.24, 2.45) is 0 Å².